The van der Waals surface area contributed by atoms with Crippen LogP contribution in [0, 0.1) is 0 Å². The third kappa shape index (κ3) is 4.89. The predicted octanol–water partition coefficient (Wildman–Crippen LogP) is 2.61. The Labute approximate surface area is 124 Å². The number of aliphatic hydroxyl groups excluding tert-OH is 1. The number of likely N-dealkylation sites (N-methyl/N-ethyl adjacent to an activating group) is 1. The number of rotatable bonds is 10. The van der Waals surface area contributed by atoms with Crippen LogP contribution in [0.2, 0.25) is 0 Å². The Bertz CT molecular complexity index is 349. The van der Waals surface area contributed by atoms with Crippen LogP contribution in [0.25, 0.3) is 0 Å². The van der Waals surface area contributed by atoms with Crippen LogP contribution in [0.4, 0.5) is 0 Å². The van der Waals surface area contributed by atoms with E-state index in [0.29, 0.717) is 0 Å². The molecule has 0 spiro atoms. The molecule has 0 bridgehead atoms. The van der Waals surface area contributed by atoms with Crippen molar-refractivity contribution in [2.45, 2.75) is 38.1 Å². The van der Waals surface area contributed by atoms with Crippen molar-refractivity contribution in [3.05, 3.63) is 35.9 Å². The lowest BCUT2D eigenvalue weighted by Gasteiger charge is -2.34. The highest BCUT2D eigenvalue weighted by Crippen LogP contribution is 2.24. The molecule has 0 aliphatic rings. The van der Waals surface area contributed by atoms with Gasteiger partial charge in [-0.05, 0) is 39.0 Å². The molecule has 3 nitrogen and oxygen atoms in total. The van der Waals surface area contributed by atoms with E-state index in [-0.39, 0.29) is 12.1 Å². The summed E-state index contributed by atoms with van der Waals surface area (Å²) in [6, 6.07) is 10.2. The first-order valence-electron chi connectivity index (χ1n) is 7.72. The summed E-state index contributed by atoms with van der Waals surface area (Å²) in [5.41, 5.74) is 0.826. The van der Waals surface area contributed by atoms with E-state index in [0.717, 1.165) is 25.1 Å². The molecule has 1 aromatic carbocycles. The SMILES string of the molecule is CCCCCN(C)CCC(CO)(NC)c1ccccc1. The minimum Gasteiger partial charge on any atom is -0.394 e. The molecule has 0 saturated heterocycles. The van der Waals surface area contributed by atoms with Crippen molar-refractivity contribution in [1.29, 1.82) is 0 Å². The minimum atomic E-state index is -0.333. The molecule has 0 fully saturated rings. The molecular weight excluding hydrogens is 248 g/mol. The average Bonchev–Trinajstić information content (AvgIpc) is 2.50. The number of nitrogens with one attached hydrogen (secondary N) is 1. The van der Waals surface area contributed by atoms with Gasteiger partial charge in [0, 0.05) is 6.54 Å². The molecule has 20 heavy (non-hydrogen) atoms. The molecule has 114 valence electrons. The summed E-state index contributed by atoms with van der Waals surface area (Å²) < 4.78 is 0. The maximum absolute atomic E-state index is 9.88. The number of hydrogen-bond acceptors (Lipinski definition) is 3. The van der Waals surface area contributed by atoms with Crippen molar-refractivity contribution in [3.63, 3.8) is 0 Å². The average molecular weight is 278 g/mol. The number of nitrogens with zero attached hydrogens (tertiary/aromatic N) is 1. The molecule has 0 radical (unpaired) electrons. The van der Waals surface area contributed by atoms with Crippen LogP contribution in [0.15, 0.2) is 30.3 Å². The fourth-order valence-corrected chi connectivity index (χ4v) is 2.55. The summed E-state index contributed by atoms with van der Waals surface area (Å²) in [7, 11) is 4.10. The summed E-state index contributed by atoms with van der Waals surface area (Å²) in [6.07, 6.45) is 4.71. The van der Waals surface area contributed by atoms with Crippen molar-refractivity contribution >= 4 is 0 Å². The van der Waals surface area contributed by atoms with Gasteiger partial charge in [-0.2, -0.15) is 0 Å². The fourth-order valence-electron chi connectivity index (χ4n) is 2.55. The van der Waals surface area contributed by atoms with Gasteiger partial charge in [-0.1, -0.05) is 50.1 Å². The molecule has 0 heterocycles. The summed E-state index contributed by atoms with van der Waals surface area (Å²) in [4.78, 5) is 2.36. The number of hydrogen-bond donors (Lipinski definition) is 2. The van der Waals surface area contributed by atoms with Gasteiger partial charge in [0.1, 0.15) is 0 Å². The lowest BCUT2D eigenvalue weighted by atomic mass is 9.87. The van der Waals surface area contributed by atoms with E-state index < -0.39 is 0 Å². The largest absolute Gasteiger partial charge is 0.394 e. The van der Waals surface area contributed by atoms with Gasteiger partial charge in [-0.3, -0.25) is 0 Å². The quantitative estimate of drug-likeness (QED) is 0.646. The van der Waals surface area contributed by atoms with Crippen molar-refractivity contribution in [2.24, 2.45) is 0 Å². The normalized spacial score (nSPS) is 14.4. The zero-order chi connectivity index (χ0) is 14.8. The highest BCUT2D eigenvalue weighted by Gasteiger charge is 2.29. The zero-order valence-electron chi connectivity index (χ0n) is 13.2. The van der Waals surface area contributed by atoms with Crippen LogP contribution in [-0.2, 0) is 5.54 Å². The van der Waals surface area contributed by atoms with E-state index in [2.05, 4.69) is 36.3 Å². The van der Waals surface area contributed by atoms with Gasteiger partial charge in [0.05, 0.1) is 12.1 Å². The predicted molar refractivity (Wildman–Crippen MR) is 85.9 cm³/mol. The Morgan fingerprint density at radius 1 is 1.15 bits per heavy atom. The Hall–Kier alpha value is -0.900. The molecule has 1 aromatic rings. The van der Waals surface area contributed by atoms with Crippen molar-refractivity contribution in [3.8, 4) is 0 Å². The lowest BCUT2D eigenvalue weighted by molar-refractivity contribution is 0.144. The standard InChI is InChI=1S/C17H30N2O/c1-4-5-9-13-19(3)14-12-17(15-20,18-2)16-10-7-6-8-11-16/h6-8,10-11,18,20H,4-5,9,12-15H2,1-3H3. The second-order valence-electron chi connectivity index (χ2n) is 5.62. The lowest BCUT2D eigenvalue weighted by Crippen LogP contribution is -2.45. The van der Waals surface area contributed by atoms with Crippen LogP contribution in [0.1, 0.15) is 38.2 Å². The van der Waals surface area contributed by atoms with Gasteiger partial charge in [0.15, 0.2) is 0 Å². The molecule has 1 atom stereocenters. The molecule has 0 saturated carbocycles. The van der Waals surface area contributed by atoms with E-state index in [1.165, 1.54) is 19.3 Å². The maximum Gasteiger partial charge on any atom is 0.0678 e. The Balaban J connectivity index is 2.59. The van der Waals surface area contributed by atoms with Crippen LogP contribution in [-0.4, -0.2) is 43.8 Å². The zero-order valence-corrected chi connectivity index (χ0v) is 13.2. The maximum atomic E-state index is 9.88. The van der Waals surface area contributed by atoms with E-state index in [9.17, 15) is 5.11 Å². The van der Waals surface area contributed by atoms with Gasteiger partial charge in [-0.25, -0.2) is 0 Å². The topological polar surface area (TPSA) is 35.5 Å². The highest BCUT2D eigenvalue weighted by atomic mass is 16.3. The van der Waals surface area contributed by atoms with Gasteiger partial charge in [0.25, 0.3) is 0 Å². The molecular formula is C17H30N2O. The summed E-state index contributed by atoms with van der Waals surface area (Å²) in [5, 5.41) is 13.2. The van der Waals surface area contributed by atoms with Crippen molar-refractivity contribution < 1.29 is 5.11 Å². The number of aliphatic hydroxyl groups is 1. The Morgan fingerprint density at radius 3 is 2.40 bits per heavy atom. The van der Waals surface area contributed by atoms with Crippen LogP contribution >= 0.6 is 0 Å². The molecule has 1 unspecified atom stereocenters. The molecule has 0 amide bonds. The van der Waals surface area contributed by atoms with Crippen LogP contribution in [0.5, 0.6) is 0 Å². The van der Waals surface area contributed by atoms with Crippen LogP contribution in [0.3, 0.4) is 0 Å². The first-order valence-corrected chi connectivity index (χ1v) is 7.72. The molecule has 2 N–H and O–H groups in total. The number of benzene rings is 1. The second kappa shape index (κ2) is 9.11. The second-order valence-corrected chi connectivity index (χ2v) is 5.62. The smallest absolute Gasteiger partial charge is 0.0678 e. The van der Waals surface area contributed by atoms with E-state index in [4.69, 9.17) is 0 Å². The number of unbranched alkanes of at least 4 members (excludes halogenated alkanes) is 2. The third-order valence-electron chi connectivity index (χ3n) is 4.14. The summed E-state index contributed by atoms with van der Waals surface area (Å²) in [6.45, 7) is 4.47. The monoisotopic (exact) mass is 278 g/mol. The highest BCUT2D eigenvalue weighted by molar-refractivity contribution is 5.24. The summed E-state index contributed by atoms with van der Waals surface area (Å²) in [5.74, 6) is 0. The van der Waals surface area contributed by atoms with E-state index in [1.54, 1.807) is 0 Å². The van der Waals surface area contributed by atoms with E-state index >= 15 is 0 Å². The van der Waals surface area contributed by atoms with Gasteiger partial charge in [0.2, 0.25) is 0 Å². The minimum absolute atomic E-state index is 0.121. The molecule has 1 rings (SSSR count). The first kappa shape index (κ1) is 17.2. The first-order chi connectivity index (χ1) is 9.68. The fraction of sp³-hybridized carbons (Fsp3) is 0.647. The molecule has 0 aromatic heterocycles. The van der Waals surface area contributed by atoms with Crippen LogP contribution < -0.4 is 5.32 Å². The Morgan fingerprint density at radius 2 is 1.85 bits per heavy atom. The molecule has 0 aliphatic heterocycles. The van der Waals surface area contributed by atoms with Gasteiger partial charge < -0.3 is 15.3 Å². The third-order valence-corrected chi connectivity index (χ3v) is 4.14. The van der Waals surface area contributed by atoms with Gasteiger partial charge in [-0.15, -0.1) is 0 Å². The Kier molecular flexibility index (Phi) is 7.82. The van der Waals surface area contributed by atoms with Gasteiger partial charge >= 0.3 is 0 Å². The molecule has 0 aliphatic carbocycles. The summed E-state index contributed by atoms with van der Waals surface area (Å²) >= 11 is 0. The van der Waals surface area contributed by atoms with Crippen molar-refractivity contribution in [2.75, 3.05) is 33.8 Å². The molecule has 3 heteroatoms. The van der Waals surface area contributed by atoms with E-state index in [1.807, 2.05) is 25.2 Å². The van der Waals surface area contributed by atoms with Crippen molar-refractivity contribution in [1.82, 2.24) is 10.2 Å².